The summed E-state index contributed by atoms with van der Waals surface area (Å²) in [4.78, 5) is 46.8. The number of carbonyl (C=O) groups is 3. The van der Waals surface area contributed by atoms with Gasteiger partial charge in [0, 0.05) is 50.9 Å². The zero-order chi connectivity index (χ0) is 22.5. The van der Waals surface area contributed by atoms with Gasteiger partial charge in [0.05, 0.1) is 18.7 Å². The molecule has 0 radical (unpaired) electrons. The maximum atomic E-state index is 12.6. The smallest absolute Gasteiger partial charge is 0.350 e. The fraction of sp³-hybridized carbons (Fsp3) is 0.417. The predicted molar refractivity (Wildman–Crippen MR) is 122 cm³/mol. The highest BCUT2D eigenvalue weighted by Gasteiger charge is 2.35. The molecule has 1 fully saturated rings. The summed E-state index contributed by atoms with van der Waals surface area (Å²) in [7, 11) is 1.65. The Morgan fingerprint density at radius 3 is 2.72 bits per heavy atom. The summed E-state index contributed by atoms with van der Waals surface area (Å²) < 4.78 is 5.29. The van der Waals surface area contributed by atoms with Crippen LogP contribution >= 0.6 is 0 Å². The molecule has 1 unspecified atom stereocenters. The van der Waals surface area contributed by atoms with Crippen molar-refractivity contribution in [2.45, 2.75) is 19.3 Å². The lowest BCUT2D eigenvalue weighted by Gasteiger charge is -2.36. The first kappa shape index (κ1) is 21.8. The first-order valence-corrected chi connectivity index (χ1v) is 11.0. The van der Waals surface area contributed by atoms with E-state index < -0.39 is 11.9 Å². The summed E-state index contributed by atoms with van der Waals surface area (Å²) in [5, 5.41) is 0. The van der Waals surface area contributed by atoms with Gasteiger partial charge in [0.25, 0.3) is 0 Å². The van der Waals surface area contributed by atoms with Crippen LogP contribution in [0.1, 0.15) is 19.3 Å². The Morgan fingerprint density at radius 1 is 1.12 bits per heavy atom. The van der Waals surface area contributed by atoms with Crippen LogP contribution in [0.2, 0.25) is 0 Å². The minimum atomic E-state index is -0.513. The predicted octanol–water partition coefficient (Wildman–Crippen LogP) is 2.66. The van der Waals surface area contributed by atoms with Crippen LogP contribution in [0.4, 0.5) is 10.5 Å². The van der Waals surface area contributed by atoms with Crippen molar-refractivity contribution in [3.05, 3.63) is 48.6 Å². The van der Waals surface area contributed by atoms with Gasteiger partial charge in [-0.2, -0.15) is 4.99 Å². The van der Waals surface area contributed by atoms with Crippen LogP contribution < -0.4 is 9.64 Å². The van der Waals surface area contributed by atoms with Gasteiger partial charge in [0.15, 0.2) is 0 Å². The molecular weight excluding hydrogens is 408 g/mol. The SMILES string of the molecule is COc1cccc(N2CCN(C(=O)CCCCN3C(=O)N=C4C=CC=CC4C3=O)CC2)c1. The highest BCUT2D eigenvalue weighted by atomic mass is 16.5. The quantitative estimate of drug-likeness (QED) is 0.614. The second-order valence-electron chi connectivity index (χ2n) is 8.06. The number of piperazine rings is 1. The van der Waals surface area contributed by atoms with Gasteiger partial charge in [-0.1, -0.05) is 24.3 Å². The lowest BCUT2D eigenvalue weighted by atomic mass is 9.95. The number of carbonyl (C=O) groups excluding carboxylic acids is 3. The number of amides is 4. The van der Waals surface area contributed by atoms with Gasteiger partial charge < -0.3 is 14.5 Å². The summed E-state index contributed by atoms with van der Waals surface area (Å²) in [5.41, 5.74) is 1.60. The highest BCUT2D eigenvalue weighted by Crippen LogP contribution is 2.23. The largest absolute Gasteiger partial charge is 0.497 e. The number of anilines is 1. The molecule has 168 valence electrons. The number of ether oxygens (including phenoxy) is 1. The first-order chi connectivity index (χ1) is 15.6. The average molecular weight is 437 g/mol. The Balaban J connectivity index is 1.20. The molecule has 2 heterocycles. The molecule has 0 saturated carbocycles. The number of fused-ring (bicyclic) bond motifs is 1. The van der Waals surface area contributed by atoms with Crippen LogP contribution in [-0.2, 0) is 9.59 Å². The Morgan fingerprint density at radius 2 is 1.94 bits per heavy atom. The van der Waals surface area contributed by atoms with Crippen molar-refractivity contribution >= 4 is 29.2 Å². The monoisotopic (exact) mass is 436 g/mol. The number of methoxy groups -OCH3 is 1. The van der Waals surface area contributed by atoms with Gasteiger partial charge in [-0.05, 0) is 31.1 Å². The summed E-state index contributed by atoms with van der Waals surface area (Å²) >= 11 is 0. The number of aliphatic imine (C=N–C) groups is 1. The van der Waals surface area contributed by atoms with Crippen molar-refractivity contribution in [2.24, 2.45) is 10.9 Å². The van der Waals surface area contributed by atoms with Gasteiger partial charge in [-0.15, -0.1) is 0 Å². The fourth-order valence-electron chi connectivity index (χ4n) is 4.21. The Bertz CT molecular complexity index is 976. The summed E-state index contributed by atoms with van der Waals surface area (Å²) in [6.45, 7) is 3.20. The van der Waals surface area contributed by atoms with Crippen molar-refractivity contribution in [3.63, 3.8) is 0 Å². The zero-order valence-corrected chi connectivity index (χ0v) is 18.3. The third-order valence-corrected chi connectivity index (χ3v) is 6.06. The van der Waals surface area contributed by atoms with Crippen LogP contribution in [0.15, 0.2) is 53.6 Å². The molecule has 0 bridgehead atoms. The third-order valence-electron chi connectivity index (χ3n) is 6.06. The van der Waals surface area contributed by atoms with E-state index in [1.54, 1.807) is 31.4 Å². The van der Waals surface area contributed by atoms with E-state index in [1.807, 2.05) is 23.1 Å². The van der Waals surface area contributed by atoms with Gasteiger partial charge in [-0.3, -0.25) is 14.5 Å². The van der Waals surface area contributed by atoms with E-state index in [1.165, 1.54) is 4.90 Å². The second-order valence-corrected chi connectivity index (χ2v) is 8.06. The van der Waals surface area contributed by atoms with Gasteiger partial charge in [0.2, 0.25) is 11.8 Å². The molecule has 4 rings (SSSR count). The van der Waals surface area contributed by atoms with Crippen LogP contribution in [0.3, 0.4) is 0 Å². The number of nitrogens with zero attached hydrogens (tertiary/aromatic N) is 4. The lowest BCUT2D eigenvalue weighted by Crippen LogP contribution is -2.48. The average Bonchev–Trinajstić information content (AvgIpc) is 2.83. The van der Waals surface area contributed by atoms with Crippen molar-refractivity contribution in [1.29, 1.82) is 0 Å². The molecule has 3 aliphatic rings. The minimum absolute atomic E-state index is 0.118. The molecule has 8 nitrogen and oxygen atoms in total. The van der Waals surface area contributed by atoms with E-state index >= 15 is 0 Å². The van der Waals surface area contributed by atoms with Crippen LogP contribution in [0, 0.1) is 5.92 Å². The molecule has 0 N–H and O–H groups in total. The van der Waals surface area contributed by atoms with Crippen molar-refractivity contribution in [1.82, 2.24) is 9.80 Å². The molecule has 32 heavy (non-hydrogen) atoms. The highest BCUT2D eigenvalue weighted by molar-refractivity contribution is 6.21. The van der Waals surface area contributed by atoms with Crippen LogP contribution in [0.5, 0.6) is 5.75 Å². The number of urea groups is 1. The Labute approximate surface area is 187 Å². The number of hydrogen-bond acceptors (Lipinski definition) is 5. The maximum Gasteiger partial charge on any atom is 0.350 e. The minimum Gasteiger partial charge on any atom is -0.497 e. The zero-order valence-electron chi connectivity index (χ0n) is 18.3. The molecule has 2 aliphatic heterocycles. The van der Waals surface area contributed by atoms with Crippen molar-refractivity contribution < 1.29 is 19.1 Å². The third kappa shape index (κ3) is 4.74. The standard InChI is InChI=1S/C24H28N4O4/c1-32-19-8-6-7-18(17-19)26-13-15-27(16-14-26)22(29)11-4-5-12-28-23(30)20-9-2-3-10-21(20)25-24(28)31/h2-3,6-10,17,20H,4-5,11-16H2,1H3. The number of unbranched alkanes of at least 4 members (excludes halogenated alkanes) is 1. The van der Waals surface area contributed by atoms with E-state index in [0.717, 1.165) is 24.5 Å². The van der Waals surface area contributed by atoms with Gasteiger partial charge in [0.1, 0.15) is 5.75 Å². The molecule has 0 aromatic heterocycles. The molecule has 4 amide bonds. The fourth-order valence-corrected chi connectivity index (χ4v) is 4.21. The van der Waals surface area contributed by atoms with Gasteiger partial charge >= 0.3 is 6.03 Å². The summed E-state index contributed by atoms with van der Waals surface area (Å²) in [6.07, 6.45) is 8.65. The summed E-state index contributed by atoms with van der Waals surface area (Å²) in [6, 6.07) is 7.43. The number of benzene rings is 1. The van der Waals surface area contributed by atoms with E-state index in [0.29, 0.717) is 44.6 Å². The second kappa shape index (κ2) is 9.80. The van der Waals surface area contributed by atoms with E-state index in [4.69, 9.17) is 4.74 Å². The summed E-state index contributed by atoms with van der Waals surface area (Å²) in [5.74, 6) is 0.234. The van der Waals surface area contributed by atoms with E-state index in [9.17, 15) is 14.4 Å². The molecule has 1 atom stereocenters. The molecule has 1 saturated heterocycles. The van der Waals surface area contributed by atoms with Crippen molar-refractivity contribution in [2.75, 3.05) is 44.7 Å². The number of rotatable bonds is 7. The van der Waals surface area contributed by atoms with Crippen LogP contribution in [0.25, 0.3) is 0 Å². The molecule has 8 heteroatoms. The maximum absolute atomic E-state index is 12.6. The number of hydrogen-bond donors (Lipinski definition) is 0. The molecule has 1 aromatic rings. The molecular formula is C24H28N4O4. The number of imide groups is 1. The normalized spacial score (nSPS) is 20.3. The molecule has 1 aliphatic carbocycles. The molecule has 0 spiro atoms. The van der Waals surface area contributed by atoms with E-state index in [2.05, 4.69) is 16.0 Å². The number of allylic oxidation sites excluding steroid dienone is 3. The van der Waals surface area contributed by atoms with E-state index in [-0.39, 0.29) is 11.8 Å². The lowest BCUT2D eigenvalue weighted by molar-refractivity contribution is -0.131. The molecule has 1 aromatic carbocycles. The topological polar surface area (TPSA) is 82.5 Å². The van der Waals surface area contributed by atoms with Crippen molar-refractivity contribution in [3.8, 4) is 5.75 Å². The van der Waals surface area contributed by atoms with Crippen LogP contribution in [-0.4, -0.2) is 73.2 Å². The first-order valence-electron chi connectivity index (χ1n) is 11.0. The Hall–Kier alpha value is -3.42. The Kier molecular flexibility index (Phi) is 6.68. The van der Waals surface area contributed by atoms with Gasteiger partial charge in [-0.25, -0.2) is 4.79 Å².